The molecule has 0 radical (unpaired) electrons. The number of aromatic nitrogens is 3. The molecule has 0 unspecified atom stereocenters. The maximum Gasteiger partial charge on any atom is 0.328 e. The van der Waals surface area contributed by atoms with Crippen LogP contribution in [0.25, 0.3) is 34.0 Å². The second-order valence-corrected chi connectivity index (χ2v) is 9.56. The van der Waals surface area contributed by atoms with E-state index in [0.29, 0.717) is 34.7 Å². The summed E-state index contributed by atoms with van der Waals surface area (Å²) in [6, 6.07) is 15.2. The van der Waals surface area contributed by atoms with Crippen molar-refractivity contribution in [2.75, 3.05) is 25.7 Å². The van der Waals surface area contributed by atoms with Gasteiger partial charge in [-0.3, -0.25) is 0 Å². The smallest absolute Gasteiger partial charge is 0.328 e. The van der Waals surface area contributed by atoms with Crippen LogP contribution in [0.4, 0.5) is 5.82 Å². The van der Waals surface area contributed by atoms with Crippen LogP contribution in [0.15, 0.2) is 59.3 Å². The standard InChI is InChI=1S/C28H27ClN4O5/c1-16-6-4-5-7-21(16)22-9-8-17(10-19(22)15-36-2)27-31-25(32-38-27)18-11-23(29)26(30-13-18)33-14-20(34)12-24(33)28(35)37-3/h4-11,13,20,24,34H,12,14-15H2,1-3H3/t20-,24+/m1/s1. The predicted octanol–water partition coefficient (Wildman–Crippen LogP) is 4.69. The van der Waals surface area contributed by atoms with Gasteiger partial charge in [-0.1, -0.05) is 47.1 Å². The number of hydrogen-bond acceptors (Lipinski definition) is 9. The quantitative estimate of drug-likeness (QED) is 0.337. The van der Waals surface area contributed by atoms with Crippen molar-refractivity contribution in [2.24, 2.45) is 0 Å². The van der Waals surface area contributed by atoms with Crippen molar-refractivity contribution in [3.05, 3.63) is 70.9 Å². The SMILES string of the molecule is COCc1cc(-c2nc(-c3cnc(N4C[C@H](O)C[C@H]4C(=O)OC)c(Cl)c3)no2)ccc1-c1ccccc1C. The molecule has 1 aliphatic rings. The molecule has 0 saturated carbocycles. The Balaban J connectivity index is 1.43. The molecule has 2 aromatic heterocycles. The number of esters is 1. The van der Waals surface area contributed by atoms with E-state index in [1.165, 1.54) is 12.7 Å². The molecule has 1 saturated heterocycles. The van der Waals surface area contributed by atoms with Crippen LogP contribution in [0.2, 0.25) is 5.02 Å². The molecule has 9 nitrogen and oxygen atoms in total. The van der Waals surface area contributed by atoms with Crippen molar-refractivity contribution >= 4 is 23.4 Å². The summed E-state index contributed by atoms with van der Waals surface area (Å²) in [7, 11) is 2.97. The molecule has 1 aliphatic heterocycles. The second-order valence-electron chi connectivity index (χ2n) is 9.15. The number of aliphatic hydroxyl groups excluding tert-OH is 1. The third-order valence-corrected chi connectivity index (χ3v) is 6.90. The Morgan fingerprint density at radius 1 is 1.16 bits per heavy atom. The lowest BCUT2D eigenvalue weighted by atomic mass is 9.94. The number of carbonyl (C=O) groups is 1. The molecule has 196 valence electrons. The molecular weight excluding hydrogens is 508 g/mol. The molecule has 1 N–H and O–H groups in total. The lowest BCUT2D eigenvalue weighted by molar-refractivity contribution is -0.142. The molecule has 0 aliphatic carbocycles. The van der Waals surface area contributed by atoms with Gasteiger partial charge in [-0.05, 0) is 47.4 Å². The van der Waals surface area contributed by atoms with Gasteiger partial charge in [0.05, 0.1) is 24.8 Å². The maximum atomic E-state index is 12.2. The molecule has 5 rings (SSSR count). The van der Waals surface area contributed by atoms with E-state index in [4.69, 9.17) is 25.6 Å². The van der Waals surface area contributed by atoms with E-state index < -0.39 is 18.1 Å². The van der Waals surface area contributed by atoms with Crippen LogP contribution < -0.4 is 4.90 Å². The lowest BCUT2D eigenvalue weighted by Gasteiger charge is -2.24. The first kappa shape index (κ1) is 25.8. The molecule has 2 atom stereocenters. The normalized spacial score (nSPS) is 17.1. The van der Waals surface area contributed by atoms with E-state index >= 15 is 0 Å². The zero-order valence-electron chi connectivity index (χ0n) is 21.2. The van der Waals surface area contributed by atoms with Crippen LogP contribution in [0.3, 0.4) is 0 Å². The van der Waals surface area contributed by atoms with Gasteiger partial charge in [-0.2, -0.15) is 4.98 Å². The average molecular weight is 535 g/mol. The van der Waals surface area contributed by atoms with Crippen molar-refractivity contribution in [1.82, 2.24) is 15.1 Å². The number of carbonyl (C=O) groups excluding carboxylic acids is 1. The third kappa shape index (κ3) is 5.00. The van der Waals surface area contributed by atoms with E-state index in [9.17, 15) is 9.90 Å². The monoisotopic (exact) mass is 534 g/mol. The molecule has 38 heavy (non-hydrogen) atoms. The molecule has 2 aromatic carbocycles. The van der Waals surface area contributed by atoms with E-state index in [0.717, 1.165) is 22.3 Å². The number of anilines is 1. The maximum absolute atomic E-state index is 12.2. The zero-order chi connectivity index (χ0) is 26.8. The van der Waals surface area contributed by atoms with E-state index in [1.807, 2.05) is 30.3 Å². The molecule has 10 heteroatoms. The Kier molecular flexibility index (Phi) is 7.42. The summed E-state index contributed by atoms with van der Waals surface area (Å²) in [5.74, 6) is 0.597. The fourth-order valence-electron chi connectivity index (χ4n) is 4.77. The van der Waals surface area contributed by atoms with Gasteiger partial charge in [0.2, 0.25) is 5.82 Å². The number of nitrogens with zero attached hydrogens (tertiary/aromatic N) is 4. The van der Waals surface area contributed by atoms with Crippen molar-refractivity contribution in [1.29, 1.82) is 0 Å². The summed E-state index contributed by atoms with van der Waals surface area (Å²) in [6.45, 7) is 2.73. The van der Waals surface area contributed by atoms with E-state index in [2.05, 4.69) is 34.2 Å². The van der Waals surface area contributed by atoms with Crippen LogP contribution in [-0.4, -0.2) is 59.1 Å². The first-order valence-corrected chi connectivity index (χ1v) is 12.5. The Bertz CT molecular complexity index is 1470. The highest BCUT2D eigenvalue weighted by Gasteiger charge is 2.38. The Hall–Kier alpha value is -3.79. The van der Waals surface area contributed by atoms with Gasteiger partial charge < -0.3 is 24.0 Å². The number of β-amino-alcohol motifs (C(OH)–C–C–N with tert-alkyl or cyclic N) is 1. The number of rotatable bonds is 7. The summed E-state index contributed by atoms with van der Waals surface area (Å²) in [6.07, 6.45) is 1.12. The highest BCUT2D eigenvalue weighted by molar-refractivity contribution is 6.33. The largest absolute Gasteiger partial charge is 0.467 e. The summed E-state index contributed by atoms with van der Waals surface area (Å²) in [4.78, 5) is 22.8. The first-order valence-electron chi connectivity index (χ1n) is 12.1. The van der Waals surface area contributed by atoms with E-state index in [1.54, 1.807) is 24.3 Å². The predicted molar refractivity (Wildman–Crippen MR) is 143 cm³/mol. The minimum absolute atomic E-state index is 0.223. The number of benzene rings is 2. The lowest BCUT2D eigenvalue weighted by Crippen LogP contribution is -2.37. The van der Waals surface area contributed by atoms with Crippen molar-refractivity contribution in [3.8, 4) is 34.0 Å². The van der Waals surface area contributed by atoms with Gasteiger partial charge in [0.25, 0.3) is 5.89 Å². The van der Waals surface area contributed by atoms with Crippen LogP contribution in [0, 0.1) is 6.92 Å². The van der Waals surface area contributed by atoms with Crippen LogP contribution >= 0.6 is 11.6 Å². The van der Waals surface area contributed by atoms with Crippen LogP contribution in [0.5, 0.6) is 0 Å². The average Bonchev–Trinajstić information content (AvgIpc) is 3.56. The number of aliphatic hydroxyl groups is 1. The van der Waals surface area contributed by atoms with Gasteiger partial charge in [0, 0.05) is 37.4 Å². The van der Waals surface area contributed by atoms with Gasteiger partial charge >= 0.3 is 5.97 Å². The second kappa shape index (κ2) is 10.9. The summed E-state index contributed by atoms with van der Waals surface area (Å²) < 4.78 is 15.9. The van der Waals surface area contributed by atoms with Crippen molar-refractivity contribution in [3.63, 3.8) is 0 Å². The number of hydrogen-bond donors (Lipinski definition) is 1. The molecule has 0 bridgehead atoms. The molecule has 0 spiro atoms. The highest BCUT2D eigenvalue weighted by atomic mass is 35.5. The van der Waals surface area contributed by atoms with Gasteiger partial charge in [0.15, 0.2) is 0 Å². The zero-order valence-corrected chi connectivity index (χ0v) is 22.0. The van der Waals surface area contributed by atoms with Gasteiger partial charge in [0.1, 0.15) is 11.9 Å². The number of halogens is 1. The Morgan fingerprint density at radius 3 is 2.71 bits per heavy atom. The summed E-state index contributed by atoms with van der Waals surface area (Å²) >= 11 is 6.55. The van der Waals surface area contributed by atoms with Crippen molar-refractivity contribution in [2.45, 2.75) is 32.1 Å². The Labute approximate surface area is 225 Å². The third-order valence-electron chi connectivity index (χ3n) is 6.62. The number of pyridine rings is 1. The molecule has 4 aromatic rings. The fourth-order valence-corrected chi connectivity index (χ4v) is 5.04. The van der Waals surface area contributed by atoms with Gasteiger partial charge in [-0.25, -0.2) is 9.78 Å². The first-order chi connectivity index (χ1) is 18.4. The summed E-state index contributed by atoms with van der Waals surface area (Å²) in [5, 5.41) is 14.5. The number of methoxy groups -OCH3 is 2. The van der Waals surface area contributed by atoms with Crippen LogP contribution in [-0.2, 0) is 20.9 Å². The van der Waals surface area contributed by atoms with Crippen molar-refractivity contribution < 1.29 is 23.9 Å². The summed E-state index contributed by atoms with van der Waals surface area (Å²) in [5.41, 5.74) is 5.70. The molecular formula is C28H27ClN4O5. The van der Waals surface area contributed by atoms with Gasteiger partial charge in [-0.15, -0.1) is 0 Å². The molecule has 1 fully saturated rings. The minimum Gasteiger partial charge on any atom is -0.467 e. The Morgan fingerprint density at radius 2 is 1.97 bits per heavy atom. The van der Waals surface area contributed by atoms with E-state index in [-0.39, 0.29) is 13.0 Å². The topological polar surface area (TPSA) is 111 Å². The number of aryl methyl sites for hydroxylation is 1. The highest BCUT2D eigenvalue weighted by Crippen LogP contribution is 2.34. The number of ether oxygens (including phenoxy) is 2. The minimum atomic E-state index is -0.684. The fraction of sp³-hybridized carbons (Fsp3) is 0.286. The molecule has 3 heterocycles. The van der Waals surface area contributed by atoms with Crippen LogP contribution in [0.1, 0.15) is 17.5 Å². The molecule has 0 amide bonds.